The second kappa shape index (κ2) is 8.92. The number of pyridine rings is 1. The number of methoxy groups -OCH3 is 1. The quantitative estimate of drug-likeness (QED) is 0.793. The lowest BCUT2D eigenvalue weighted by Crippen LogP contribution is -2.39. The van der Waals surface area contributed by atoms with Gasteiger partial charge >= 0.3 is 0 Å². The van der Waals surface area contributed by atoms with E-state index in [9.17, 15) is 0 Å². The number of morpholine rings is 1. The van der Waals surface area contributed by atoms with Crippen LogP contribution in [0.3, 0.4) is 0 Å². The Hall–Kier alpha value is -2.45. The molecule has 4 heterocycles. The summed E-state index contributed by atoms with van der Waals surface area (Å²) in [6.07, 6.45) is 2.67. The molecule has 0 saturated carbocycles. The van der Waals surface area contributed by atoms with Crippen molar-refractivity contribution < 1.29 is 9.47 Å². The van der Waals surface area contributed by atoms with E-state index in [1.807, 2.05) is 6.07 Å². The molecule has 8 nitrogen and oxygen atoms in total. The van der Waals surface area contributed by atoms with Crippen LogP contribution in [0.25, 0.3) is 0 Å². The zero-order valence-electron chi connectivity index (χ0n) is 17.5. The molecule has 2 aliphatic rings. The van der Waals surface area contributed by atoms with E-state index in [2.05, 4.69) is 40.0 Å². The summed E-state index contributed by atoms with van der Waals surface area (Å²) >= 11 is 0. The highest BCUT2D eigenvalue weighted by Gasteiger charge is 2.25. The van der Waals surface area contributed by atoms with Crippen molar-refractivity contribution in [3.63, 3.8) is 0 Å². The predicted molar refractivity (Wildman–Crippen MR) is 112 cm³/mol. The zero-order valence-corrected chi connectivity index (χ0v) is 17.5. The minimum absolute atomic E-state index is 0.306. The van der Waals surface area contributed by atoms with Gasteiger partial charge in [0.05, 0.1) is 26.0 Å². The van der Waals surface area contributed by atoms with Crippen molar-refractivity contribution in [1.82, 2.24) is 19.9 Å². The van der Waals surface area contributed by atoms with Gasteiger partial charge in [-0.2, -0.15) is 4.98 Å². The van der Waals surface area contributed by atoms with Crippen LogP contribution in [0.5, 0.6) is 5.88 Å². The van der Waals surface area contributed by atoms with Crippen LogP contribution in [0, 0.1) is 0 Å². The molecule has 8 heteroatoms. The van der Waals surface area contributed by atoms with Crippen LogP contribution in [-0.2, 0) is 24.2 Å². The minimum atomic E-state index is 0.306. The van der Waals surface area contributed by atoms with Gasteiger partial charge in [-0.05, 0) is 19.9 Å². The molecule has 0 atom stereocenters. The maximum atomic E-state index is 5.48. The lowest BCUT2D eigenvalue weighted by Gasteiger charge is -2.32. The Kier molecular flexibility index (Phi) is 6.10. The van der Waals surface area contributed by atoms with Gasteiger partial charge in [-0.25, -0.2) is 9.97 Å². The molecular formula is C21H30N6O2. The van der Waals surface area contributed by atoms with Crippen LogP contribution in [0.4, 0.5) is 11.8 Å². The lowest BCUT2D eigenvalue weighted by molar-refractivity contribution is 0.122. The van der Waals surface area contributed by atoms with Gasteiger partial charge in [-0.1, -0.05) is 6.07 Å². The van der Waals surface area contributed by atoms with Crippen molar-refractivity contribution in [1.29, 1.82) is 0 Å². The number of hydrogen-bond donors (Lipinski definition) is 1. The third kappa shape index (κ3) is 4.59. The number of hydrogen-bond acceptors (Lipinski definition) is 8. The molecule has 0 bridgehead atoms. The van der Waals surface area contributed by atoms with Crippen molar-refractivity contribution in [2.45, 2.75) is 39.4 Å². The van der Waals surface area contributed by atoms with Crippen LogP contribution in [0.1, 0.15) is 30.7 Å². The van der Waals surface area contributed by atoms with Gasteiger partial charge < -0.3 is 19.7 Å². The molecule has 1 fully saturated rings. The number of nitrogens with one attached hydrogen (secondary N) is 1. The standard InChI is InChI=1S/C21H30N6O2/c1-15(2)23-19-17-14-26(13-16-5-4-7-22-20(16)28-3)8-6-18(17)24-21(25-19)27-9-11-29-12-10-27/h4-5,7,15H,6,8-14H2,1-3H3,(H,23,24,25). The van der Waals surface area contributed by atoms with E-state index in [1.54, 1.807) is 13.3 Å². The fourth-order valence-corrected chi connectivity index (χ4v) is 3.86. The van der Waals surface area contributed by atoms with Gasteiger partial charge in [0.15, 0.2) is 0 Å². The van der Waals surface area contributed by atoms with E-state index in [0.29, 0.717) is 11.9 Å². The van der Waals surface area contributed by atoms with E-state index in [-0.39, 0.29) is 0 Å². The van der Waals surface area contributed by atoms with Crippen molar-refractivity contribution in [3.05, 3.63) is 35.2 Å². The predicted octanol–water partition coefficient (Wildman–Crippen LogP) is 2.10. The SMILES string of the molecule is COc1ncccc1CN1CCc2nc(N3CCOCC3)nc(NC(C)C)c2C1. The third-order valence-corrected chi connectivity index (χ3v) is 5.28. The number of rotatable bonds is 6. The number of nitrogens with zero attached hydrogens (tertiary/aromatic N) is 5. The van der Waals surface area contributed by atoms with E-state index in [0.717, 1.165) is 75.4 Å². The van der Waals surface area contributed by atoms with Crippen molar-refractivity contribution in [2.24, 2.45) is 0 Å². The van der Waals surface area contributed by atoms with E-state index in [1.165, 1.54) is 5.56 Å². The average molecular weight is 399 g/mol. The molecule has 29 heavy (non-hydrogen) atoms. The smallest absolute Gasteiger partial charge is 0.227 e. The average Bonchev–Trinajstić information content (AvgIpc) is 2.74. The van der Waals surface area contributed by atoms with Crippen LogP contribution >= 0.6 is 0 Å². The Morgan fingerprint density at radius 3 is 2.79 bits per heavy atom. The molecule has 1 saturated heterocycles. The molecule has 2 aromatic rings. The third-order valence-electron chi connectivity index (χ3n) is 5.28. The molecule has 0 radical (unpaired) electrons. The fraction of sp³-hybridized carbons (Fsp3) is 0.571. The number of fused-ring (bicyclic) bond motifs is 1. The van der Waals surface area contributed by atoms with Crippen LogP contribution in [-0.4, -0.2) is 65.9 Å². The summed E-state index contributed by atoms with van der Waals surface area (Å²) in [6.45, 7) is 9.98. The first-order chi connectivity index (χ1) is 14.1. The molecule has 0 amide bonds. The highest BCUT2D eigenvalue weighted by molar-refractivity contribution is 5.53. The van der Waals surface area contributed by atoms with Crippen LogP contribution in [0.2, 0.25) is 0 Å². The van der Waals surface area contributed by atoms with E-state index < -0.39 is 0 Å². The summed E-state index contributed by atoms with van der Waals surface area (Å²) in [5.74, 6) is 2.46. The second-order valence-corrected chi connectivity index (χ2v) is 7.83. The summed E-state index contributed by atoms with van der Waals surface area (Å²) in [5, 5.41) is 3.55. The zero-order chi connectivity index (χ0) is 20.2. The molecule has 0 unspecified atom stereocenters. The molecule has 2 aromatic heterocycles. The number of ether oxygens (including phenoxy) is 2. The van der Waals surface area contributed by atoms with Gasteiger partial charge in [-0.3, -0.25) is 4.90 Å². The Labute approximate surface area is 172 Å². The summed E-state index contributed by atoms with van der Waals surface area (Å²) in [5.41, 5.74) is 3.45. The van der Waals surface area contributed by atoms with Gasteiger partial charge in [-0.15, -0.1) is 0 Å². The highest BCUT2D eigenvalue weighted by Crippen LogP contribution is 2.29. The monoisotopic (exact) mass is 398 g/mol. The van der Waals surface area contributed by atoms with Crippen LogP contribution < -0.4 is 15.0 Å². The first-order valence-corrected chi connectivity index (χ1v) is 10.3. The lowest BCUT2D eigenvalue weighted by atomic mass is 10.0. The van der Waals surface area contributed by atoms with Crippen molar-refractivity contribution in [3.8, 4) is 5.88 Å². The summed E-state index contributed by atoms with van der Waals surface area (Å²) < 4.78 is 10.9. The number of anilines is 2. The van der Waals surface area contributed by atoms with Gasteiger partial charge in [0.1, 0.15) is 5.82 Å². The van der Waals surface area contributed by atoms with Crippen molar-refractivity contribution >= 4 is 11.8 Å². The Balaban J connectivity index is 1.59. The molecule has 156 valence electrons. The highest BCUT2D eigenvalue weighted by atomic mass is 16.5. The first kappa shape index (κ1) is 19.8. The normalized spacial score (nSPS) is 17.3. The van der Waals surface area contributed by atoms with Gasteiger partial charge in [0, 0.05) is 62.5 Å². The fourth-order valence-electron chi connectivity index (χ4n) is 3.86. The maximum absolute atomic E-state index is 5.48. The molecule has 0 spiro atoms. The summed E-state index contributed by atoms with van der Waals surface area (Å²) in [6, 6.07) is 4.34. The molecule has 4 rings (SSSR count). The van der Waals surface area contributed by atoms with Gasteiger partial charge in [0.2, 0.25) is 11.8 Å². The molecule has 0 aromatic carbocycles. The minimum Gasteiger partial charge on any atom is -0.481 e. The Morgan fingerprint density at radius 2 is 2.03 bits per heavy atom. The molecular weight excluding hydrogens is 368 g/mol. The van der Waals surface area contributed by atoms with E-state index >= 15 is 0 Å². The Bertz CT molecular complexity index is 838. The largest absolute Gasteiger partial charge is 0.481 e. The Morgan fingerprint density at radius 1 is 1.21 bits per heavy atom. The van der Waals surface area contributed by atoms with E-state index in [4.69, 9.17) is 19.4 Å². The maximum Gasteiger partial charge on any atom is 0.227 e. The molecule has 0 aliphatic carbocycles. The second-order valence-electron chi connectivity index (χ2n) is 7.83. The topological polar surface area (TPSA) is 75.6 Å². The summed E-state index contributed by atoms with van der Waals surface area (Å²) in [4.78, 5) is 18.8. The van der Waals surface area contributed by atoms with Gasteiger partial charge in [0.25, 0.3) is 0 Å². The molecule has 1 N–H and O–H groups in total. The molecule has 2 aliphatic heterocycles. The first-order valence-electron chi connectivity index (χ1n) is 10.3. The number of aromatic nitrogens is 3. The van der Waals surface area contributed by atoms with Crippen molar-refractivity contribution in [2.75, 3.05) is 50.2 Å². The summed E-state index contributed by atoms with van der Waals surface area (Å²) in [7, 11) is 1.67. The van der Waals surface area contributed by atoms with Crippen LogP contribution in [0.15, 0.2) is 18.3 Å².